The molecule has 0 saturated carbocycles. The fraction of sp³-hybridized carbons (Fsp3) is 0.182. The van der Waals surface area contributed by atoms with Crippen molar-refractivity contribution in [2.45, 2.75) is 0 Å². The highest BCUT2D eigenvalue weighted by molar-refractivity contribution is 9.10. The summed E-state index contributed by atoms with van der Waals surface area (Å²) >= 11 is 3.29. The van der Waals surface area contributed by atoms with Crippen LogP contribution in [0.2, 0.25) is 0 Å². The van der Waals surface area contributed by atoms with E-state index in [9.17, 15) is 14.4 Å². The Hall–Kier alpha value is -1.69. The summed E-state index contributed by atoms with van der Waals surface area (Å²) in [5, 5.41) is 2.21. The molecule has 0 spiro atoms. The van der Waals surface area contributed by atoms with Crippen molar-refractivity contribution in [3.63, 3.8) is 0 Å². The standard InChI is InChI=1S/C11H9BrN2O3/c12-8-2-1-7(6-15)9(3-8)14-4-10(16)13-11(17)5-14/h1-3,6H,4-5H2,(H,13,16,17). The second-order valence-electron chi connectivity index (χ2n) is 3.65. The Kier molecular flexibility index (Phi) is 3.23. The van der Waals surface area contributed by atoms with E-state index < -0.39 is 0 Å². The first-order valence-corrected chi connectivity index (χ1v) is 5.72. The summed E-state index contributed by atoms with van der Waals surface area (Å²) in [6, 6.07) is 5.10. The van der Waals surface area contributed by atoms with Crippen LogP contribution in [0.3, 0.4) is 0 Å². The molecule has 1 aromatic carbocycles. The van der Waals surface area contributed by atoms with Gasteiger partial charge in [-0.25, -0.2) is 0 Å². The first kappa shape index (κ1) is 11.8. The Morgan fingerprint density at radius 3 is 2.47 bits per heavy atom. The van der Waals surface area contributed by atoms with E-state index in [1.165, 1.54) is 0 Å². The van der Waals surface area contributed by atoms with E-state index in [2.05, 4.69) is 21.2 Å². The summed E-state index contributed by atoms with van der Waals surface area (Å²) < 4.78 is 0.788. The molecule has 1 fully saturated rings. The Balaban J connectivity index is 2.38. The van der Waals surface area contributed by atoms with E-state index >= 15 is 0 Å². The molecule has 2 amide bonds. The van der Waals surface area contributed by atoms with Gasteiger partial charge in [0.05, 0.1) is 13.1 Å². The number of carbonyl (C=O) groups is 3. The van der Waals surface area contributed by atoms with Gasteiger partial charge < -0.3 is 4.90 Å². The number of nitrogens with zero attached hydrogens (tertiary/aromatic N) is 1. The molecule has 17 heavy (non-hydrogen) atoms. The average Bonchev–Trinajstić information content (AvgIpc) is 2.27. The minimum Gasteiger partial charge on any atom is -0.352 e. The van der Waals surface area contributed by atoms with E-state index in [0.717, 1.165) is 4.47 Å². The maximum Gasteiger partial charge on any atom is 0.246 e. The van der Waals surface area contributed by atoms with Crippen molar-refractivity contribution >= 4 is 39.7 Å². The lowest BCUT2D eigenvalue weighted by Gasteiger charge is -2.28. The number of nitrogens with one attached hydrogen (secondary N) is 1. The number of amides is 2. The maximum absolute atomic E-state index is 11.3. The van der Waals surface area contributed by atoms with Crippen LogP contribution in [0.5, 0.6) is 0 Å². The van der Waals surface area contributed by atoms with Gasteiger partial charge in [0.15, 0.2) is 6.29 Å². The van der Waals surface area contributed by atoms with Crippen molar-refractivity contribution in [3.05, 3.63) is 28.2 Å². The third-order valence-electron chi connectivity index (χ3n) is 2.41. The second kappa shape index (κ2) is 4.67. The topological polar surface area (TPSA) is 66.5 Å². The molecule has 1 saturated heterocycles. The number of benzene rings is 1. The Bertz CT molecular complexity index is 485. The van der Waals surface area contributed by atoms with Crippen molar-refractivity contribution in [2.75, 3.05) is 18.0 Å². The van der Waals surface area contributed by atoms with Crippen LogP contribution in [0.15, 0.2) is 22.7 Å². The van der Waals surface area contributed by atoms with Crippen LogP contribution < -0.4 is 10.2 Å². The molecule has 5 nitrogen and oxygen atoms in total. The summed E-state index contributed by atoms with van der Waals surface area (Å²) in [5.74, 6) is -0.726. The van der Waals surface area contributed by atoms with Gasteiger partial charge in [-0.05, 0) is 18.2 Å². The van der Waals surface area contributed by atoms with E-state index in [1.54, 1.807) is 23.1 Å². The largest absolute Gasteiger partial charge is 0.352 e. The molecular weight excluding hydrogens is 288 g/mol. The number of anilines is 1. The maximum atomic E-state index is 11.3. The zero-order chi connectivity index (χ0) is 12.4. The number of imide groups is 1. The second-order valence-corrected chi connectivity index (χ2v) is 4.56. The van der Waals surface area contributed by atoms with Gasteiger partial charge in [0.2, 0.25) is 11.8 Å². The number of piperazine rings is 1. The van der Waals surface area contributed by atoms with Gasteiger partial charge in [0, 0.05) is 15.7 Å². The summed E-state index contributed by atoms with van der Waals surface area (Å²) in [6.07, 6.45) is 0.707. The Morgan fingerprint density at radius 2 is 1.88 bits per heavy atom. The molecule has 0 aromatic heterocycles. The average molecular weight is 297 g/mol. The predicted octanol–water partition coefficient (Wildman–Crippen LogP) is 0.724. The molecule has 6 heteroatoms. The van der Waals surface area contributed by atoms with Crippen LogP contribution in [-0.4, -0.2) is 31.2 Å². The quantitative estimate of drug-likeness (QED) is 0.645. The first-order chi connectivity index (χ1) is 8.10. The molecule has 0 aliphatic carbocycles. The zero-order valence-corrected chi connectivity index (χ0v) is 10.4. The Labute approximate surface area is 106 Å². The fourth-order valence-corrected chi connectivity index (χ4v) is 2.05. The SMILES string of the molecule is O=Cc1ccc(Br)cc1N1CC(=O)NC(=O)C1. The minimum absolute atomic E-state index is 0.0725. The van der Waals surface area contributed by atoms with Gasteiger partial charge in [-0.15, -0.1) is 0 Å². The first-order valence-electron chi connectivity index (χ1n) is 4.92. The minimum atomic E-state index is -0.363. The molecule has 2 rings (SSSR count). The van der Waals surface area contributed by atoms with Gasteiger partial charge >= 0.3 is 0 Å². The predicted molar refractivity (Wildman–Crippen MR) is 64.9 cm³/mol. The number of halogens is 1. The lowest BCUT2D eigenvalue weighted by atomic mass is 10.1. The van der Waals surface area contributed by atoms with Crippen molar-refractivity contribution in [1.29, 1.82) is 0 Å². The number of hydrogen-bond donors (Lipinski definition) is 1. The van der Waals surface area contributed by atoms with Crippen molar-refractivity contribution < 1.29 is 14.4 Å². The number of carbonyl (C=O) groups excluding carboxylic acids is 3. The third kappa shape index (κ3) is 2.52. The Morgan fingerprint density at radius 1 is 1.24 bits per heavy atom. The van der Waals surface area contributed by atoms with Gasteiger partial charge in [0.1, 0.15) is 0 Å². The highest BCUT2D eigenvalue weighted by atomic mass is 79.9. The molecule has 1 aliphatic heterocycles. The highest BCUT2D eigenvalue weighted by Gasteiger charge is 2.24. The molecule has 1 N–H and O–H groups in total. The van der Waals surface area contributed by atoms with Crippen molar-refractivity contribution in [3.8, 4) is 0 Å². The van der Waals surface area contributed by atoms with Crippen molar-refractivity contribution in [1.82, 2.24) is 5.32 Å². The molecule has 0 bridgehead atoms. The van der Waals surface area contributed by atoms with Crippen molar-refractivity contribution in [2.24, 2.45) is 0 Å². The van der Waals surface area contributed by atoms with Crippen LogP contribution >= 0.6 is 15.9 Å². The van der Waals surface area contributed by atoms with Gasteiger partial charge in [0.25, 0.3) is 0 Å². The number of aldehydes is 1. The highest BCUT2D eigenvalue weighted by Crippen LogP contribution is 2.24. The zero-order valence-electron chi connectivity index (χ0n) is 8.77. The van der Waals surface area contributed by atoms with E-state index in [0.29, 0.717) is 17.5 Å². The molecule has 1 heterocycles. The van der Waals surface area contributed by atoms with Gasteiger partial charge in [-0.1, -0.05) is 15.9 Å². The molecule has 0 radical (unpaired) electrons. The molecular formula is C11H9BrN2O3. The van der Waals surface area contributed by atoms with Gasteiger partial charge in [-0.3, -0.25) is 19.7 Å². The lowest BCUT2D eigenvalue weighted by molar-refractivity contribution is -0.130. The van der Waals surface area contributed by atoms with E-state index in [4.69, 9.17) is 0 Å². The third-order valence-corrected chi connectivity index (χ3v) is 2.90. The van der Waals surface area contributed by atoms with Crippen LogP contribution in [0.25, 0.3) is 0 Å². The van der Waals surface area contributed by atoms with Crippen LogP contribution in [0.4, 0.5) is 5.69 Å². The van der Waals surface area contributed by atoms with E-state index in [1.807, 2.05) is 0 Å². The monoisotopic (exact) mass is 296 g/mol. The summed E-state index contributed by atoms with van der Waals surface area (Å²) in [6.45, 7) is 0.145. The van der Waals surface area contributed by atoms with Crippen LogP contribution in [-0.2, 0) is 9.59 Å². The molecule has 0 atom stereocenters. The fourth-order valence-electron chi connectivity index (χ4n) is 1.70. The van der Waals surface area contributed by atoms with E-state index in [-0.39, 0.29) is 24.9 Å². The smallest absolute Gasteiger partial charge is 0.246 e. The number of rotatable bonds is 2. The van der Waals surface area contributed by atoms with Crippen LogP contribution in [0, 0.1) is 0 Å². The van der Waals surface area contributed by atoms with Gasteiger partial charge in [-0.2, -0.15) is 0 Å². The lowest BCUT2D eigenvalue weighted by Crippen LogP contribution is -2.51. The summed E-state index contributed by atoms with van der Waals surface area (Å²) in [7, 11) is 0. The molecule has 88 valence electrons. The summed E-state index contributed by atoms with van der Waals surface area (Å²) in [4.78, 5) is 35.0. The van der Waals surface area contributed by atoms with Crippen LogP contribution in [0.1, 0.15) is 10.4 Å². The molecule has 0 unspecified atom stereocenters. The molecule has 1 aromatic rings. The summed E-state index contributed by atoms with van der Waals surface area (Å²) in [5.41, 5.74) is 1.04. The number of hydrogen-bond acceptors (Lipinski definition) is 4. The molecule has 1 aliphatic rings. The normalized spacial score (nSPS) is 15.7.